The highest BCUT2D eigenvalue weighted by atomic mass is 15.0. The van der Waals surface area contributed by atoms with Gasteiger partial charge in [0.05, 0.1) is 44.8 Å². The molecule has 15 rings (SSSR count). The molecule has 6 heteroatoms. The summed E-state index contributed by atoms with van der Waals surface area (Å²) in [6.45, 7) is 4.78. The summed E-state index contributed by atoms with van der Waals surface area (Å²) in [5.74, 6) is 1.37. The predicted molar refractivity (Wildman–Crippen MR) is 316 cm³/mol. The number of hydrogen-bond acceptors (Lipinski definition) is 4. The van der Waals surface area contributed by atoms with E-state index in [1.165, 1.54) is 43.8 Å². The van der Waals surface area contributed by atoms with E-state index >= 15 is 0 Å². The highest BCUT2D eigenvalue weighted by Crippen LogP contribution is 2.53. The molecule has 0 saturated carbocycles. The minimum absolute atomic E-state index is 0.321. The molecule has 0 unspecified atom stereocenters. The maximum absolute atomic E-state index is 5.22. The van der Waals surface area contributed by atoms with Crippen LogP contribution in [0.4, 0.5) is 0 Å². The Hall–Kier alpha value is -10.0. The number of para-hydroxylation sites is 2. The topological polar surface area (TPSA) is 61.4 Å². The van der Waals surface area contributed by atoms with Crippen LogP contribution in [0.2, 0.25) is 0 Å². The Balaban J connectivity index is 0.871. The lowest BCUT2D eigenvalue weighted by Gasteiger charge is -2.22. The van der Waals surface area contributed by atoms with Crippen LogP contribution in [-0.4, -0.2) is 29.1 Å². The van der Waals surface area contributed by atoms with Crippen molar-refractivity contribution < 1.29 is 0 Å². The quantitative estimate of drug-likeness (QED) is 0.152. The Kier molecular flexibility index (Phi) is 10.1. The SMILES string of the molecule is CC1(C)c2cc3c(cc2-c2cc4c5ccccc5n(-c5cccc(-c6nc(-c7ccccc7)cc(-c7ccccc7)n6)c5)c4cc21)c1ccccc1n3-c1cccc(-c2nc(-c3ccccc3)cc(-c3ccccc3)n2)c1. The Morgan fingerprint density at radius 3 is 0.961 bits per heavy atom. The lowest BCUT2D eigenvalue weighted by Crippen LogP contribution is -2.15. The van der Waals surface area contributed by atoms with Gasteiger partial charge in [-0.3, -0.25) is 0 Å². The van der Waals surface area contributed by atoms with Crippen molar-refractivity contribution >= 4 is 43.6 Å². The molecule has 0 radical (unpaired) electrons. The molecule has 10 aromatic carbocycles. The maximum Gasteiger partial charge on any atom is 0.160 e. The van der Waals surface area contributed by atoms with E-state index in [0.717, 1.165) is 89.6 Å². The van der Waals surface area contributed by atoms with Crippen molar-refractivity contribution in [2.75, 3.05) is 0 Å². The number of benzene rings is 10. The van der Waals surface area contributed by atoms with Gasteiger partial charge in [-0.25, -0.2) is 19.9 Å². The van der Waals surface area contributed by atoms with Crippen molar-refractivity contribution in [3.05, 3.63) is 266 Å². The van der Waals surface area contributed by atoms with E-state index in [0.29, 0.717) is 11.6 Å². The lowest BCUT2D eigenvalue weighted by atomic mass is 9.82. The zero-order chi connectivity index (χ0) is 51.2. The number of aromatic nitrogens is 6. The zero-order valence-corrected chi connectivity index (χ0v) is 42.4. The second-order valence-corrected chi connectivity index (χ2v) is 20.6. The van der Waals surface area contributed by atoms with E-state index in [9.17, 15) is 0 Å². The molecular weight excluding hydrogens is 937 g/mol. The molecule has 14 aromatic rings. The van der Waals surface area contributed by atoms with Gasteiger partial charge in [0, 0.05) is 71.7 Å². The fraction of sp³-hybridized carbons (Fsp3) is 0.0423. The Bertz CT molecular complexity index is 4220. The van der Waals surface area contributed by atoms with Gasteiger partial charge in [-0.05, 0) is 95.1 Å². The van der Waals surface area contributed by atoms with E-state index in [2.05, 4.69) is 254 Å². The first-order chi connectivity index (χ1) is 37.9. The Labute approximate surface area is 445 Å². The molecule has 1 aliphatic rings. The molecule has 6 nitrogen and oxygen atoms in total. The van der Waals surface area contributed by atoms with Crippen LogP contribution in [0.25, 0.3) is 134 Å². The van der Waals surface area contributed by atoms with Gasteiger partial charge in [0.15, 0.2) is 11.6 Å². The average molecular weight is 985 g/mol. The van der Waals surface area contributed by atoms with E-state index in [4.69, 9.17) is 19.9 Å². The summed E-state index contributed by atoms with van der Waals surface area (Å²) >= 11 is 0. The second kappa shape index (κ2) is 17.5. The average Bonchev–Trinajstić information content (AvgIpc) is 4.31. The van der Waals surface area contributed by atoms with E-state index in [-0.39, 0.29) is 5.41 Å². The molecule has 0 atom stereocenters. The Morgan fingerprint density at radius 1 is 0.273 bits per heavy atom. The smallest absolute Gasteiger partial charge is 0.160 e. The van der Waals surface area contributed by atoms with E-state index in [1.807, 2.05) is 24.3 Å². The van der Waals surface area contributed by atoms with Crippen molar-refractivity contribution in [2.45, 2.75) is 19.3 Å². The van der Waals surface area contributed by atoms with Crippen LogP contribution in [0.15, 0.2) is 255 Å². The first-order valence-corrected chi connectivity index (χ1v) is 26.3. The van der Waals surface area contributed by atoms with Gasteiger partial charge in [0.25, 0.3) is 0 Å². The van der Waals surface area contributed by atoms with Crippen LogP contribution in [0.5, 0.6) is 0 Å². The van der Waals surface area contributed by atoms with Crippen LogP contribution >= 0.6 is 0 Å². The molecule has 0 amide bonds. The van der Waals surface area contributed by atoms with Crippen LogP contribution in [-0.2, 0) is 5.41 Å². The molecule has 362 valence electrons. The molecule has 0 saturated heterocycles. The fourth-order valence-corrected chi connectivity index (χ4v) is 12.0. The molecular formula is C71H48N6. The van der Waals surface area contributed by atoms with Crippen molar-refractivity contribution in [1.29, 1.82) is 0 Å². The van der Waals surface area contributed by atoms with Gasteiger partial charge >= 0.3 is 0 Å². The second-order valence-electron chi connectivity index (χ2n) is 20.6. The molecule has 0 aliphatic heterocycles. The van der Waals surface area contributed by atoms with Gasteiger partial charge in [0.1, 0.15) is 0 Å². The third-order valence-corrected chi connectivity index (χ3v) is 15.7. The molecule has 1 aliphatic carbocycles. The molecule has 4 aromatic heterocycles. The normalized spacial score (nSPS) is 12.6. The minimum atomic E-state index is -0.321. The van der Waals surface area contributed by atoms with Gasteiger partial charge in [-0.2, -0.15) is 0 Å². The van der Waals surface area contributed by atoms with Crippen molar-refractivity contribution in [1.82, 2.24) is 29.1 Å². The molecule has 77 heavy (non-hydrogen) atoms. The molecule has 4 heterocycles. The monoisotopic (exact) mass is 984 g/mol. The minimum Gasteiger partial charge on any atom is -0.309 e. The fourth-order valence-electron chi connectivity index (χ4n) is 12.0. The molecule has 0 N–H and O–H groups in total. The highest BCUT2D eigenvalue weighted by molar-refractivity contribution is 6.14. The van der Waals surface area contributed by atoms with Crippen LogP contribution in [0.3, 0.4) is 0 Å². The maximum atomic E-state index is 5.22. The van der Waals surface area contributed by atoms with Crippen molar-refractivity contribution in [2.24, 2.45) is 0 Å². The van der Waals surface area contributed by atoms with Gasteiger partial charge in [-0.1, -0.05) is 196 Å². The van der Waals surface area contributed by atoms with Crippen LogP contribution < -0.4 is 0 Å². The van der Waals surface area contributed by atoms with Crippen molar-refractivity contribution in [3.8, 4) is 90.3 Å². The highest BCUT2D eigenvalue weighted by Gasteiger charge is 2.38. The summed E-state index contributed by atoms with van der Waals surface area (Å²) in [6.07, 6.45) is 0. The number of nitrogens with zero attached hydrogens (tertiary/aromatic N) is 6. The summed E-state index contributed by atoms with van der Waals surface area (Å²) < 4.78 is 4.86. The van der Waals surface area contributed by atoms with Crippen molar-refractivity contribution in [3.63, 3.8) is 0 Å². The number of rotatable bonds is 8. The summed E-state index contributed by atoms with van der Waals surface area (Å²) in [5, 5.41) is 4.86. The Morgan fingerprint density at radius 2 is 0.597 bits per heavy atom. The van der Waals surface area contributed by atoms with Crippen LogP contribution in [0, 0.1) is 0 Å². The first kappa shape index (κ1) is 44.4. The van der Waals surface area contributed by atoms with Gasteiger partial charge in [-0.15, -0.1) is 0 Å². The molecule has 0 spiro atoms. The van der Waals surface area contributed by atoms with Gasteiger partial charge < -0.3 is 9.13 Å². The number of fused-ring (bicyclic) bond motifs is 9. The summed E-state index contributed by atoms with van der Waals surface area (Å²) in [4.78, 5) is 20.9. The van der Waals surface area contributed by atoms with Crippen LogP contribution in [0.1, 0.15) is 25.0 Å². The van der Waals surface area contributed by atoms with E-state index in [1.54, 1.807) is 0 Å². The third kappa shape index (κ3) is 7.32. The van der Waals surface area contributed by atoms with E-state index < -0.39 is 0 Å². The summed E-state index contributed by atoms with van der Waals surface area (Å²) in [6, 6.07) is 90.6. The lowest BCUT2D eigenvalue weighted by molar-refractivity contribution is 0.661. The summed E-state index contributed by atoms with van der Waals surface area (Å²) in [7, 11) is 0. The standard InChI is InChI=1S/C71H48N6/c1-71(2)59-41-67-57(53-33-15-17-35-65(53)76(67)51-31-19-29-49(37-51)69-72-61(45-21-7-3-8-22-45)43-62(73-69)46-23-9-4-10-24-46)39-55(59)56-40-58-54-34-16-18-36-66(54)77(68(58)42-60(56)71)52-32-20-30-50(38-52)70-74-63(47-25-11-5-12-26-47)44-64(75-70)48-27-13-6-14-28-48/h3-44H,1-2H3. The summed E-state index contributed by atoms with van der Waals surface area (Å²) in [5.41, 5.74) is 21.2. The van der Waals surface area contributed by atoms with Gasteiger partial charge in [0.2, 0.25) is 0 Å². The largest absolute Gasteiger partial charge is 0.309 e. The molecule has 0 fully saturated rings. The third-order valence-electron chi connectivity index (χ3n) is 15.7. The zero-order valence-electron chi connectivity index (χ0n) is 42.4. The molecule has 0 bridgehead atoms. The first-order valence-electron chi connectivity index (χ1n) is 26.3. The predicted octanol–water partition coefficient (Wildman–Crippen LogP) is 17.8. The number of hydrogen-bond donors (Lipinski definition) is 0.